The molecule has 0 rings (SSSR count). The molecular weight excluding hydrogens is 244 g/mol. The van der Waals surface area contributed by atoms with Gasteiger partial charge in [-0.1, -0.05) is 73.5 Å². The topological polar surface area (TPSA) is 49.9 Å². The lowest BCUT2D eigenvalue weighted by Gasteiger charge is -1.92. The van der Waals surface area contributed by atoms with Gasteiger partial charge < -0.3 is 11.1 Å². The lowest BCUT2D eigenvalue weighted by Crippen LogP contribution is -1.93. The number of hydrogen-bond donors (Lipinski definition) is 2. The monoisotopic (exact) mass is 284 g/mol. The molecule has 0 amide bonds. The maximum absolute atomic E-state index is 6.78. The van der Waals surface area contributed by atoms with Crippen molar-refractivity contribution in [1.29, 1.82) is 5.41 Å². The van der Waals surface area contributed by atoms with Crippen LogP contribution in [0.25, 0.3) is 0 Å². The van der Waals surface area contributed by atoms with Crippen LogP contribution in [0, 0.1) is 11.3 Å². The van der Waals surface area contributed by atoms with Crippen LogP contribution in [-0.4, -0.2) is 12.8 Å². The van der Waals surface area contributed by atoms with Crippen LogP contribution in [0.3, 0.4) is 0 Å². The normalized spacial score (nSPS) is 9.80. The van der Waals surface area contributed by atoms with E-state index in [1.807, 2.05) is 26.8 Å². The predicted octanol–water partition coefficient (Wildman–Crippen LogP) is 5.98. The van der Waals surface area contributed by atoms with Crippen LogP contribution < -0.4 is 5.73 Å². The largest absolute Gasteiger partial charge is 0.330 e. The van der Waals surface area contributed by atoms with E-state index in [1.165, 1.54) is 19.1 Å². The Labute approximate surface area is 129 Å². The Morgan fingerprint density at radius 2 is 1.45 bits per heavy atom. The van der Waals surface area contributed by atoms with Gasteiger partial charge in [0, 0.05) is 6.21 Å². The smallest absolute Gasteiger partial charge is 0.0180 e. The van der Waals surface area contributed by atoms with Crippen LogP contribution >= 0.6 is 0 Å². The molecule has 0 aromatic heterocycles. The number of unbranched alkanes of at least 4 members (excludes halogenated alkanes) is 1. The summed E-state index contributed by atoms with van der Waals surface area (Å²) in [7, 11) is 0. The van der Waals surface area contributed by atoms with E-state index in [4.69, 9.17) is 11.1 Å². The summed E-state index contributed by atoms with van der Waals surface area (Å²) < 4.78 is 0. The highest BCUT2D eigenvalue weighted by atomic mass is 14.5. The highest BCUT2D eigenvalue weighted by molar-refractivity contribution is 5.69. The Balaban J connectivity index is -0.000000106. The van der Waals surface area contributed by atoms with Crippen molar-refractivity contribution in [2.45, 2.75) is 74.7 Å². The minimum absolute atomic E-state index is 0.592. The van der Waals surface area contributed by atoms with Crippen LogP contribution in [0.5, 0.6) is 0 Å². The Bertz CT molecular complexity index is 195. The molecule has 122 valence electrons. The minimum Gasteiger partial charge on any atom is -0.330 e. The maximum atomic E-state index is 6.78. The average molecular weight is 285 g/mol. The molecule has 0 aromatic carbocycles. The van der Waals surface area contributed by atoms with E-state index in [0.29, 0.717) is 5.92 Å². The Hall–Kier alpha value is -0.890. The van der Waals surface area contributed by atoms with E-state index in [1.54, 1.807) is 6.08 Å². The molecule has 0 aliphatic rings. The van der Waals surface area contributed by atoms with Gasteiger partial charge in [-0.15, -0.1) is 0 Å². The first kappa shape index (κ1) is 27.5. The van der Waals surface area contributed by atoms with Crippen molar-refractivity contribution in [3.05, 3.63) is 23.8 Å². The molecule has 3 N–H and O–H groups in total. The zero-order chi connectivity index (χ0) is 16.8. The molecule has 0 aromatic rings. The SMILES string of the molecule is CC.CC(/C=C\C(C)C)=C/C=N.CCCC.CCCN. The number of nitrogens with one attached hydrogen (secondary N) is 1. The van der Waals surface area contributed by atoms with Gasteiger partial charge in [-0.05, 0) is 37.5 Å². The van der Waals surface area contributed by atoms with Crippen molar-refractivity contribution in [3.8, 4) is 0 Å². The van der Waals surface area contributed by atoms with E-state index in [2.05, 4.69) is 40.7 Å². The van der Waals surface area contributed by atoms with E-state index >= 15 is 0 Å². The summed E-state index contributed by atoms with van der Waals surface area (Å²) in [6.45, 7) is 17.5. The van der Waals surface area contributed by atoms with E-state index in [0.717, 1.165) is 18.5 Å². The Kier molecular flexibility index (Phi) is 42.3. The van der Waals surface area contributed by atoms with Crippen LogP contribution in [0.1, 0.15) is 74.7 Å². The summed E-state index contributed by atoms with van der Waals surface area (Å²) in [5.41, 5.74) is 6.16. The number of allylic oxidation sites excluding steroid dienone is 4. The summed E-state index contributed by atoms with van der Waals surface area (Å²) in [5, 5.41) is 6.78. The molecule has 0 fully saturated rings. The van der Waals surface area contributed by atoms with Crippen LogP contribution in [0.15, 0.2) is 23.8 Å². The summed E-state index contributed by atoms with van der Waals surface area (Å²) >= 11 is 0. The summed E-state index contributed by atoms with van der Waals surface area (Å²) in [6, 6.07) is 0. The molecule has 0 radical (unpaired) electrons. The van der Waals surface area contributed by atoms with Crippen LogP contribution in [0.2, 0.25) is 0 Å². The third-order valence-electron chi connectivity index (χ3n) is 1.88. The number of rotatable bonds is 5. The molecule has 0 aliphatic carbocycles. The van der Waals surface area contributed by atoms with Gasteiger partial charge in [0.1, 0.15) is 0 Å². The quantitative estimate of drug-likeness (QED) is 0.473. The van der Waals surface area contributed by atoms with Gasteiger partial charge in [-0.2, -0.15) is 0 Å². The molecule has 0 bridgehead atoms. The van der Waals surface area contributed by atoms with Crippen molar-refractivity contribution < 1.29 is 0 Å². The molecule has 0 spiro atoms. The first-order chi connectivity index (χ1) is 9.49. The third kappa shape index (κ3) is 53.5. The van der Waals surface area contributed by atoms with Gasteiger partial charge in [-0.3, -0.25) is 0 Å². The Morgan fingerprint density at radius 1 is 1.05 bits per heavy atom. The highest BCUT2D eigenvalue weighted by Crippen LogP contribution is 1.98. The van der Waals surface area contributed by atoms with Crippen molar-refractivity contribution in [2.24, 2.45) is 11.7 Å². The minimum atomic E-state index is 0.592. The lowest BCUT2D eigenvalue weighted by molar-refractivity contribution is 0.831. The predicted molar refractivity (Wildman–Crippen MR) is 97.8 cm³/mol. The molecular formula is C18H40N2. The van der Waals surface area contributed by atoms with E-state index in [9.17, 15) is 0 Å². The molecule has 0 unspecified atom stereocenters. The summed E-state index contributed by atoms with van der Waals surface area (Å²) in [4.78, 5) is 0. The van der Waals surface area contributed by atoms with Gasteiger partial charge >= 0.3 is 0 Å². The molecule has 0 saturated carbocycles. The standard InChI is InChI=1S/C9H15N.C4H10.C3H9N.C2H6/c1-8(2)4-5-9(3)6-7-10;1-3-4-2;1-2-3-4;1-2/h4-8,10H,1-3H3;3-4H2,1-2H3;2-4H2,1H3;1-2H3/b5-4-,9-6-,10-7?;;;. The van der Waals surface area contributed by atoms with Gasteiger partial charge in [-0.25, -0.2) is 0 Å². The van der Waals surface area contributed by atoms with Crippen molar-refractivity contribution >= 4 is 6.21 Å². The second-order valence-electron chi connectivity index (χ2n) is 4.47. The second-order valence-corrected chi connectivity index (χ2v) is 4.47. The molecule has 0 atom stereocenters. The second kappa shape index (κ2) is 30.8. The zero-order valence-electron chi connectivity index (χ0n) is 15.3. The third-order valence-corrected chi connectivity index (χ3v) is 1.88. The van der Waals surface area contributed by atoms with E-state index in [-0.39, 0.29) is 0 Å². The molecule has 0 aliphatic heterocycles. The molecule has 20 heavy (non-hydrogen) atoms. The zero-order valence-corrected chi connectivity index (χ0v) is 15.3. The van der Waals surface area contributed by atoms with Gasteiger partial charge in [0.2, 0.25) is 0 Å². The number of hydrogen-bond acceptors (Lipinski definition) is 2. The molecule has 2 heteroatoms. The first-order valence-corrected chi connectivity index (χ1v) is 8.05. The van der Waals surface area contributed by atoms with Crippen LogP contribution in [0.4, 0.5) is 0 Å². The molecule has 2 nitrogen and oxygen atoms in total. The van der Waals surface area contributed by atoms with Gasteiger partial charge in [0.05, 0.1) is 0 Å². The van der Waals surface area contributed by atoms with Crippen LogP contribution in [-0.2, 0) is 0 Å². The molecule has 0 saturated heterocycles. The fourth-order valence-electron chi connectivity index (χ4n) is 0.531. The van der Waals surface area contributed by atoms with Gasteiger partial charge in [0.15, 0.2) is 0 Å². The first-order valence-electron chi connectivity index (χ1n) is 8.05. The van der Waals surface area contributed by atoms with E-state index < -0.39 is 0 Å². The van der Waals surface area contributed by atoms with Crippen molar-refractivity contribution in [1.82, 2.24) is 0 Å². The summed E-state index contributed by atoms with van der Waals surface area (Å²) in [5.74, 6) is 0.592. The maximum Gasteiger partial charge on any atom is 0.0180 e. The highest BCUT2D eigenvalue weighted by Gasteiger charge is 1.83. The Morgan fingerprint density at radius 3 is 1.65 bits per heavy atom. The van der Waals surface area contributed by atoms with Crippen molar-refractivity contribution in [2.75, 3.05) is 6.54 Å². The summed E-state index contributed by atoms with van der Waals surface area (Å²) in [6.07, 6.45) is 11.0. The van der Waals surface area contributed by atoms with Gasteiger partial charge in [0.25, 0.3) is 0 Å². The lowest BCUT2D eigenvalue weighted by atomic mass is 10.1. The number of nitrogens with two attached hydrogens (primary N) is 1. The molecule has 0 heterocycles. The fraction of sp³-hybridized carbons (Fsp3) is 0.722. The average Bonchev–Trinajstić information content (AvgIpc) is 2.48. The fourth-order valence-corrected chi connectivity index (χ4v) is 0.531. The van der Waals surface area contributed by atoms with Crippen molar-refractivity contribution in [3.63, 3.8) is 0 Å².